The first-order valence-electron chi connectivity index (χ1n) is 12.3. The zero-order valence-corrected chi connectivity index (χ0v) is 20.3. The summed E-state index contributed by atoms with van der Waals surface area (Å²) in [6, 6.07) is 32.1. The molecule has 5 heterocycles. The van der Waals surface area contributed by atoms with E-state index in [1.807, 2.05) is 79.1 Å². The fourth-order valence-electron chi connectivity index (χ4n) is 4.63. The van der Waals surface area contributed by atoms with Gasteiger partial charge in [0.05, 0.1) is 28.6 Å². The van der Waals surface area contributed by atoms with Crippen LogP contribution in [0.2, 0.25) is 0 Å². The van der Waals surface area contributed by atoms with Gasteiger partial charge in [0.2, 0.25) is 0 Å². The third kappa shape index (κ3) is 3.83. The van der Waals surface area contributed by atoms with Crippen LogP contribution in [0.25, 0.3) is 56.7 Å². The number of rotatable bonds is 5. The second-order valence-electron chi connectivity index (χ2n) is 8.77. The zero-order valence-electron chi connectivity index (χ0n) is 20.3. The lowest BCUT2D eigenvalue weighted by Gasteiger charge is -2.11. The quantitative estimate of drug-likeness (QED) is 0.279. The average molecular weight is 492 g/mol. The Labute approximate surface area is 218 Å². The molecule has 0 unspecified atom stereocenters. The fraction of sp³-hybridized carbons (Fsp3) is 0. The summed E-state index contributed by atoms with van der Waals surface area (Å²) in [7, 11) is 0. The molecule has 0 aliphatic heterocycles. The molecule has 7 aromatic rings. The van der Waals surface area contributed by atoms with Gasteiger partial charge in [0.25, 0.3) is 0 Å². The van der Waals surface area contributed by atoms with Crippen LogP contribution in [0.4, 0.5) is 0 Å². The number of pyridine rings is 3. The lowest BCUT2D eigenvalue weighted by atomic mass is 10.1. The smallest absolute Gasteiger partial charge is 0.164 e. The molecule has 0 saturated carbocycles. The predicted molar refractivity (Wildman–Crippen MR) is 148 cm³/mol. The lowest BCUT2D eigenvalue weighted by molar-refractivity contribution is 1.05. The highest BCUT2D eigenvalue weighted by atomic mass is 15.1. The van der Waals surface area contributed by atoms with Crippen molar-refractivity contribution in [1.29, 1.82) is 0 Å². The first-order valence-corrected chi connectivity index (χ1v) is 12.3. The van der Waals surface area contributed by atoms with E-state index in [-0.39, 0.29) is 0 Å². The first kappa shape index (κ1) is 21.8. The van der Waals surface area contributed by atoms with Gasteiger partial charge in [-0.25, -0.2) is 9.97 Å². The minimum Gasteiger partial charge on any atom is -0.298 e. The molecule has 2 aromatic carbocycles. The number of imidazole rings is 2. The molecule has 0 spiro atoms. The van der Waals surface area contributed by atoms with Crippen molar-refractivity contribution in [2.45, 2.75) is 0 Å². The van der Waals surface area contributed by atoms with Gasteiger partial charge in [-0.3, -0.25) is 24.1 Å². The number of hydrogen-bond acceptors (Lipinski definition) is 5. The molecular weight excluding hydrogens is 470 g/mol. The third-order valence-corrected chi connectivity index (χ3v) is 6.40. The van der Waals surface area contributed by atoms with Crippen LogP contribution in [0.15, 0.2) is 128 Å². The number of aromatic nitrogens is 7. The van der Waals surface area contributed by atoms with Crippen LogP contribution < -0.4 is 0 Å². The third-order valence-electron chi connectivity index (χ3n) is 6.40. The monoisotopic (exact) mass is 491 g/mol. The van der Waals surface area contributed by atoms with Crippen LogP contribution in [0, 0.1) is 0 Å². The standard InChI is InChI=1S/C31H21N7/c1-2-12-29-26(10-1)35-31(27-11-4-6-19-34-27)38(29)23-15-13-22(14-16-23)30-36-28(25-9-3-5-18-33-25)21-37(30)24-8-7-17-32-20-24/h1-21H. The molecule has 0 N–H and O–H groups in total. The van der Waals surface area contributed by atoms with E-state index in [9.17, 15) is 0 Å². The van der Waals surface area contributed by atoms with Crippen molar-refractivity contribution in [3.05, 3.63) is 128 Å². The molecule has 0 amide bonds. The van der Waals surface area contributed by atoms with E-state index >= 15 is 0 Å². The highest BCUT2D eigenvalue weighted by Gasteiger charge is 2.17. The molecule has 7 rings (SSSR count). The van der Waals surface area contributed by atoms with Gasteiger partial charge in [0.15, 0.2) is 5.82 Å². The van der Waals surface area contributed by atoms with Crippen LogP contribution in [0.5, 0.6) is 0 Å². The molecule has 38 heavy (non-hydrogen) atoms. The molecule has 0 bridgehead atoms. The summed E-state index contributed by atoms with van der Waals surface area (Å²) in [5, 5.41) is 0. The van der Waals surface area contributed by atoms with Crippen molar-refractivity contribution < 1.29 is 0 Å². The first-order chi connectivity index (χ1) is 18.8. The van der Waals surface area contributed by atoms with E-state index in [1.165, 1.54) is 0 Å². The molecule has 0 radical (unpaired) electrons. The summed E-state index contributed by atoms with van der Waals surface area (Å²) in [5.41, 5.74) is 7.28. The van der Waals surface area contributed by atoms with Gasteiger partial charge < -0.3 is 0 Å². The van der Waals surface area contributed by atoms with Crippen LogP contribution in [-0.4, -0.2) is 34.1 Å². The van der Waals surface area contributed by atoms with Gasteiger partial charge in [-0.2, -0.15) is 0 Å². The van der Waals surface area contributed by atoms with E-state index in [0.717, 1.165) is 56.7 Å². The Morgan fingerprint density at radius 1 is 0.526 bits per heavy atom. The second-order valence-corrected chi connectivity index (χ2v) is 8.77. The second kappa shape index (κ2) is 9.22. The highest BCUT2D eigenvalue weighted by Crippen LogP contribution is 2.31. The molecule has 0 fully saturated rings. The number of benzene rings is 2. The van der Waals surface area contributed by atoms with E-state index < -0.39 is 0 Å². The minimum atomic E-state index is 0.798. The van der Waals surface area contributed by atoms with Gasteiger partial charge in [-0.1, -0.05) is 24.3 Å². The minimum absolute atomic E-state index is 0.798. The molecule has 0 atom stereocenters. The Kier molecular flexibility index (Phi) is 5.29. The average Bonchev–Trinajstić information content (AvgIpc) is 3.62. The van der Waals surface area contributed by atoms with Crippen molar-refractivity contribution >= 4 is 11.0 Å². The van der Waals surface area contributed by atoms with Crippen molar-refractivity contribution in [3.8, 4) is 45.7 Å². The molecule has 7 heteroatoms. The summed E-state index contributed by atoms with van der Waals surface area (Å²) in [6.45, 7) is 0. The van der Waals surface area contributed by atoms with Gasteiger partial charge in [-0.15, -0.1) is 0 Å². The molecule has 7 nitrogen and oxygen atoms in total. The molecule has 0 aliphatic carbocycles. The van der Waals surface area contributed by atoms with Crippen LogP contribution in [0.1, 0.15) is 0 Å². The maximum absolute atomic E-state index is 4.98. The van der Waals surface area contributed by atoms with E-state index in [1.54, 1.807) is 18.6 Å². The van der Waals surface area contributed by atoms with Crippen molar-refractivity contribution in [1.82, 2.24) is 34.1 Å². The summed E-state index contributed by atoms with van der Waals surface area (Å²) in [5.74, 6) is 1.61. The normalized spacial score (nSPS) is 11.2. The largest absolute Gasteiger partial charge is 0.298 e. The highest BCUT2D eigenvalue weighted by molar-refractivity contribution is 5.83. The summed E-state index contributed by atoms with van der Waals surface area (Å²) < 4.78 is 4.20. The van der Waals surface area contributed by atoms with Crippen molar-refractivity contribution in [3.63, 3.8) is 0 Å². The Balaban J connectivity index is 1.36. The molecule has 5 aromatic heterocycles. The molecule has 180 valence electrons. The lowest BCUT2D eigenvalue weighted by Crippen LogP contribution is -2.00. The predicted octanol–water partition coefficient (Wildman–Crippen LogP) is 6.40. The van der Waals surface area contributed by atoms with Gasteiger partial charge in [0.1, 0.15) is 17.2 Å². The maximum atomic E-state index is 4.98. The Hall–Kier alpha value is -5.43. The van der Waals surface area contributed by atoms with Crippen LogP contribution in [-0.2, 0) is 0 Å². The Morgan fingerprint density at radius 3 is 2.03 bits per heavy atom. The number of hydrogen-bond donors (Lipinski definition) is 0. The van der Waals surface area contributed by atoms with Gasteiger partial charge in [0, 0.05) is 36.0 Å². The molecular formula is C31H21N7. The summed E-state index contributed by atoms with van der Waals surface area (Å²) >= 11 is 0. The van der Waals surface area contributed by atoms with Crippen LogP contribution in [0.3, 0.4) is 0 Å². The van der Waals surface area contributed by atoms with Gasteiger partial charge in [-0.05, 0) is 72.8 Å². The Morgan fingerprint density at radius 2 is 1.29 bits per heavy atom. The SMILES string of the molecule is c1ccc(-c2cn(-c3cccnc3)c(-c3ccc(-n4c(-c5ccccn5)nc5ccccc54)cc3)n2)nc1. The number of fused-ring (bicyclic) bond motifs is 1. The zero-order chi connectivity index (χ0) is 25.3. The number of para-hydroxylation sites is 2. The van der Waals surface area contributed by atoms with Crippen molar-refractivity contribution in [2.75, 3.05) is 0 Å². The maximum Gasteiger partial charge on any atom is 0.164 e. The summed E-state index contributed by atoms with van der Waals surface area (Å²) in [4.78, 5) is 23.3. The molecule has 0 saturated heterocycles. The van der Waals surface area contributed by atoms with Crippen molar-refractivity contribution in [2.24, 2.45) is 0 Å². The fourth-order valence-corrected chi connectivity index (χ4v) is 4.63. The van der Waals surface area contributed by atoms with E-state index in [4.69, 9.17) is 9.97 Å². The van der Waals surface area contributed by atoms with E-state index in [0.29, 0.717) is 0 Å². The summed E-state index contributed by atoms with van der Waals surface area (Å²) in [6.07, 6.45) is 9.17. The Bertz CT molecular complexity index is 1840. The van der Waals surface area contributed by atoms with Gasteiger partial charge >= 0.3 is 0 Å². The molecule has 0 aliphatic rings. The number of nitrogens with zero attached hydrogens (tertiary/aromatic N) is 7. The van der Waals surface area contributed by atoms with Crippen LogP contribution >= 0.6 is 0 Å². The van der Waals surface area contributed by atoms with E-state index in [2.05, 4.69) is 54.4 Å². The topological polar surface area (TPSA) is 74.3 Å².